The smallest absolute Gasteiger partial charge is 0.306 e. The van der Waals surface area contributed by atoms with Crippen LogP contribution >= 0.6 is 0 Å². The Balaban J connectivity index is 1.83. The summed E-state index contributed by atoms with van der Waals surface area (Å²) in [6.07, 6.45) is 3.44. The second kappa shape index (κ2) is 5.48. The monoisotopic (exact) mass is 251 g/mol. The molecule has 0 unspecified atom stereocenters. The number of benzene rings is 1. The minimum Gasteiger partial charge on any atom is -0.461 e. The summed E-state index contributed by atoms with van der Waals surface area (Å²) in [6, 6.07) is 6.30. The lowest BCUT2D eigenvalue weighted by Gasteiger charge is -2.40. The first kappa shape index (κ1) is 13.0. The summed E-state index contributed by atoms with van der Waals surface area (Å²) in [7, 11) is 0. The first-order chi connectivity index (χ1) is 8.65. The molecule has 4 heteroatoms. The Labute approximate surface area is 106 Å². The molecule has 0 bridgehead atoms. The lowest BCUT2D eigenvalue weighted by molar-refractivity contribution is -0.149. The van der Waals surface area contributed by atoms with Gasteiger partial charge in [-0.25, -0.2) is 4.39 Å². The van der Waals surface area contributed by atoms with Gasteiger partial charge in [0.15, 0.2) is 0 Å². The minimum absolute atomic E-state index is 0.00778. The zero-order chi connectivity index (χ0) is 13.0. The van der Waals surface area contributed by atoms with Crippen molar-refractivity contribution in [1.29, 1.82) is 0 Å². The van der Waals surface area contributed by atoms with Crippen LogP contribution in [-0.2, 0) is 16.1 Å². The van der Waals surface area contributed by atoms with E-state index in [1.807, 2.05) is 0 Å². The third-order valence-corrected chi connectivity index (χ3v) is 3.71. The van der Waals surface area contributed by atoms with E-state index in [1.54, 1.807) is 18.2 Å². The van der Waals surface area contributed by atoms with Crippen LogP contribution in [0, 0.1) is 11.2 Å². The standard InChI is InChI=1S/C14H18FNO2/c15-12-5-2-1-4-11(12)9-18-13(17)8-14(10-16)6-3-7-14/h1-2,4-5H,3,6-10,16H2. The molecule has 1 aromatic rings. The minimum atomic E-state index is -0.345. The number of ether oxygens (including phenoxy) is 1. The van der Waals surface area contributed by atoms with E-state index < -0.39 is 0 Å². The van der Waals surface area contributed by atoms with Crippen molar-refractivity contribution in [3.8, 4) is 0 Å². The van der Waals surface area contributed by atoms with E-state index in [2.05, 4.69) is 0 Å². The van der Waals surface area contributed by atoms with E-state index in [1.165, 1.54) is 6.07 Å². The first-order valence-electron chi connectivity index (χ1n) is 6.24. The molecule has 0 atom stereocenters. The second-order valence-corrected chi connectivity index (χ2v) is 4.99. The number of halogens is 1. The van der Waals surface area contributed by atoms with Crippen LogP contribution in [0.3, 0.4) is 0 Å². The van der Waals surface area contributed by atoms with E-state index >= 15 is 0 Å². The molecule has 0 aromatic heterocycles. The van der Waals surface area contributed by atoms with E-state index in [0.717, 1.165) is 19.3 Å². The van der Waals surface area contributed by atoms with Gasteiger partial charge in [0.05, 0.1) is 6.42 Å². The predicted molar refractivity (Wildman–Crippen MR) is 66.2 cm³/mol. The Kier molecular flexibility index (Phi) is 3.97. The maximum Gasteiger partial charge on any atom is 0.306 e. The van der Waals surface area contributed by atoms with Gasteiger partial charge in [-0.3, -0.25) is 4.79 Å². The highest BCUT2D eigenvalue weighted by molar-refractivity contribution is 5.70. The van der Waals surface area contributed by atoms with Crippen molar-refractivity contribution in [2.75, 3.05) is 6.54 Å². The molecular formula is C14H18FNO2. The van der Waals surface area contributed by atoms with Crippen LogP contribution in [0.4, 0.5) is 4.39 Å². The van der Waals surface area contributed by atoms with Crippen LogP contribution in [0.25, 0.3) is 0 Å². The number of carbonyl (C=O) groups excluding carboxylic acids is 1. The first-order valence-corrected chi connectivity index (χ1v) is 6.24. The summed E-state index contributed by atoms with van der Waals surface area (Å²) in [5.74, 6) is -0.633. The van der Waals surface area contributed by atoms with Gasteiger partial charge in [-0.15, -0.1) is 0 Å². The average molecular weight is 251 g/mol. The highest BCUT2D eigenvalue weighted by Crippen LogP contribution is 2.43. The fourth-order valence-electron chi connectivity index (χ4n) is 2.26. The summed E-state index contributed by atoms with van der Waals surface area (Å²) in [4.78, 5) is 11.7. The molecule has 1 fully saturated rings. The quantitative estimate of drug-likeness (QED) is 0.817. The maximum atomic E-state index is 13.3. The Morgan fingerprint density at radius 3 is 2.67 bits per heavy atom. The third kappa shape index (κ3) is 2.88. The molecule has 1 aromatic carbocycles. The third-order valence-electron chi connectivity index (χ3n) is 3.71. The van der Waals surface area contributed by atoms with Crippen molar-refractivity contribution in [2.24, 2.45) is 11.1 Å². The highest BCUT2D eigenvalue weighted by atomic mass is 19.1. The van der Waals surface area contributed by atoms with Gasteiger partial charge in [0.2, 0.25) is 0 Å². The number of nitrogens with two attached hydrogens (primary N) is 1. The largest absolute Gasteiger partial charge is 0.461 e. The lowest BCUT2D eigenvalue weighted by Crippen LogP contribution is -2.39. The summed E-state index contributed by atoms with van der Waals surface area (Å²) >= 11 is 0. The van der Waals surface area contributed by atoms with Gasteiger partial charge in [0.1, 0.15) is 12.4 Å². The molecule has 1 aliphatic carbocycles. The average Bonchev–Trinajstić information content (AvgIpc) is 2.33. The van der Waals surface area contributed by atoms with Crippen LogP contribution in [0.2, 0.25) is 0 Å². The second-order valence-electron chi connectivity index (χ2n) is 4.99. The molecular weight excluding hydrogens is 233 g/mol. The molecule has 2 rings (SSSR count). The molecule has 0 heterocycles. The number of rotatable bonds is 5. The summed E-state index contributed by atoms with van der Waals surface area (Å²) in [6.45, 7) is 0.508. The van der Waals surface area contributed by atoms with Crippen LogP contribution in [0.5, 0.6) is 0 Å². The molecule has 3 nitrogen and oxygen atoms in total. The Bertz CT molecular complexity index is 424. The van der Waals surface area contributed by atoms with E-state index in [-0.39, 0.29) is 23.8 Å². The molecule has 1 aliphatic rings. The molecule has 18 heavy (non-hydrogen) atoms. The van der Waals surface area contributed by atoms with Crippen molar-refractivity contribution < 1.29 is 13.9 Å². The van der Waals surface area contributed by atoms with Gasteiger partial charge in [-0.05, 0) is 30.9 Å². The van der Waals surface area contributed by atoms with Gasteiger partial charge in [-0.2, -0.15) is 0 Å². The van der Waals surface area contributed by atoms with Crippen molar-refractivity contribution in [3.63, 3.8) is 0 Å². The zero-order valence-corrected chi connectivity index (χ0v) is 10.3. The number of hydrogen-bond acceptors (Lipinski definition) is 3. The van der Waals surface area contributed by atoms with E-state index in [0.29, 0.717) is 18.5 Å². The van der Waals surface area contributed by atoms with Gasteiger partial charge < -0.3 is 10.5 Å². The molecule has 1 saturated carbocycles. The number of carbonyl (C=O) groups is 1. The van der Waals surface area contributed by atoms with Crippen molar-refractivity contribution in [1.82, 2.24) is 0 Å². The molecule has 2 N–H and O–H groups in total. The summed E-state index contributed by atoms with van der Waals surface area (Å²) < 4.78 is 18.4. The molecule has 0 spiro atoms. The summed E-state index contributed by atoms with van der Waals surface area (Å²) in [5.41, 5.74) is 6.02. The lowest BCUT2D eigenvalue weighted by atomic mass is 9.67. The Hall–Kier alpha value is -1.42. The topological polar surface area (TPSA) is 52.3 Å². The Morgan fingerprint density at radius 2 is 2.11 bits per heavy atom. The van der Waals surface area contributed by atoms with Gasteiger partial charge in [0.25, 0.3) is 0 Å². The van der Waals surface area contributed by atoms with E-state index in [4.69, 9.17) is 10.5 Å². The number of hydrogen-bond donors (Lipinski definition) is 1. The highest BCUT2D eigenvalue weighted by Gasteiger charge is 2.38. The fraction of sp³-hybridized carbons (Fsp3) is 0.500. The SMILES string of the molecule is NCC1(CC(=O)OCc2ccccc2F)CCC1. The molecule has 0 aliphatic heterocycles. The van der Waals surface area contributed by atoms with Crippen molar-refractivity contribution in [2.45, 2.75) is 32.3 Å². The van der Waals surface area contributed by atoms with Crippen LogP contribution in [-0.4, -0.2) is 12.5 Å². The maximum absolute atomic E-state index is 13.3. The van der Waals surface area contributed by atoms with Crippen molar-refractivity contribution >= 4 is 5.97 Å². The molecule has 0 saturated heterocycles. The van der Waals surface area contributed by atoms with E-state index in [9.17, 15) is 9.18 Å². The molecule has 0 amide bonds. The van der Waals surface area contributed by atoms with Gasteiger partial charge >= 0.3 is 5.97 Å². The van der Waals surface area contributed by atoms with Crippen molar-refractivity contribution in [3.05, 3.63) is 35.6 Å². The molecule has 0 radical (unpaired) electrons. The normalized spacial score (nSPS) is 17.0. The zero-order valence-electron chi connectivity index (χ0n) is 10.3. The predicted octanol–water partition coefficient (Wildman–Crippen LogP) is 2.39. The van der Waals surface area contributed by atoms with Crippen LogP contribution in [0.15, 0.2) is 24.3 Å². The number of esters is 1. The molecule has 98 valence electrons. The van der Waals surface area contributed by atoms with Crippen LogP contribution in [0.1, 0.15) is 31.2 Å². The fourth-order valence-corrected chi connectivity index (χ4v) is 2.26. The Morgan fingerprint density at radius 1 is 1.39 bits per heavy atom. The van der Waals surface area contributed by atoms with Gasteiger partial charge in [0, 0.05) is 5.56 Å². The van der Waals surface area contributed by atoms with Crippen LogP contribution < -0.4 is 5.73 Å². The van der Waals surface area contributed by atoms with Gasteiger partial charge in [-0.1, -0.05) is 24.6 Å². The summed E-state index contributed by atoms with van der Waals surface area (Å²) in [5, 5.41) is 0.